The lowest BCUT2D eigenvalue weighted by molar-refractivity contribution is 0.414. The smallest absolute Gasteiger partial charge is 0.191 e. The second kappa shape index (κ2) is 10.2. The number of aromatic nitrogens is 2. The van der Waals surface area contributed by atoms with Gasteiger partial charge in [-0.3, -0.25) is 4.99 Å². The molecule has 0 fully saturated rings. The van der Waals surface area contributed by atoms with Gasteiger partial charge < -0.3 is 19.9 Å². The molecule has 0 aliphatic rings. The van der Waals surface area contributed by atoms with Crippen LogP contribution in [0.25, 0.3) is 0 Å². The first kappa shape index (κ1) is 19.5. The average Bonchev–Trinajstić information content (AvgIpc) is 3.25. The van der Waals surface area contributed by atoms with E-state index in [4.69, 9.17) is 4.74 Å². The molecular formula is C22H27N5O. The highest BCUT2D eigenvalue weighted by Gasteiger charge is 2.01. The number of guanidine groups is 1. The van der Waals surface area contributed by atoms with Crippen LogP contribution in [-0.4, -0.2) is 36.2 Å². The molecule has 0 radical (unpaired) electrons. The number of ether oxygens (including phenoxy) is 1. The minimum Gasteiger partial charge on any atom is -0.497 e. The molecule has 0 saturated heterocycles. The average molecular weight is 377 g/mol. The Morgan fingerprint density at radius 3 is 2.36 bits per heavy atom. The lowest BCUT2D eigenvalue weighted by Crippen LogP contribution is -2.37. The SMILES string of the molecule is CN=C(NCCc1ccc(OC)cc1)NCc1ccc(Cn2ccnc2)cc1. The van der Waals surface area contributed by atoms with Gasteiger partial charge in [-0.05, 0) is 35.2 Å². The van der Waals surface area contributed by atoms with E-state index < -0.39 is 0 Å². The van der Waals surface area contributed by atoms with Crippen LogP contribution in [0, 0.1) is 0 Å². The zero-order valence-corrected chi connectivity index (χ0v) is 16.4. The number of rotatable bonds is 8. The highest BCUT2D eigenvalue weighted by atomic mass is 16.5. The number of imidazole rings is 1. The first-order valence-electron chi connectivity index (χ1n) is 9.38. The third-order valence-electron chi connectivity index (χ3n) is 4.50. The van der Waals surface area contributed by atoms with Crippen molar-refractivity contribution in [1.82, 2.24) is 20.2 Å². The van der Waals surface area contributed by atoms with Gasteiger partial charge in [0.25, 0.3) is 0 Å². The van der Waals surface area contributed by atoms with Crippen LogP contribution >= 0.6 is 0 Å². The van der Waals surface area contributed by atoms with Crippen molar-refractivity contribution in [3.05, 3.63) is 83.9 Å². The Kier molecular flexibility index (Phi) is 7.07. The van der Waals surface area contributed by atoms with Crippen LogP contribution in [0.5, 0.6) is 5.75 Å². The van der Waals surface area contributed by atoms with Crippen molar-refractivity contribution in [2.45, 2.75) is 19.5 Å². The summed E-state index contributed by atoms with van der Waals surface area (Å²) in [5.74, 6) is 1.68. The van der Waals surface area contributed by atoms with Gasteiger partial charge in [0.2, 0.25) is 0 Å². The van der Waals surface area contributed by atoms with E-state index >= 15 is 0 Å². The molecule has 3 aromatic rings. The highest BCUT2D eigenvalue weighted by molar-refractivity contribution is 5.79. The number of aliphatic imine (C=N–C) groups is 1. The summed E-state index contributed by atoms with van der Waals surface area (Å²) in [5, 5.41) is 6.71. The Bertz CT molecular complexity index is 855. The first-order chi connectivity index (χ1) is 13.8. The van der Waals surface area contributed by atoms with Gasteiger partial charge in [-0.2, -0.15) is 0 Å². The summed E-state index contributed by atoms with van der Waals surface area (Å²) < 4.78 is 7.25. The van der Waals surface area contributed by atoms with Crippen molar-refractivity contribution in [2.24, 2.45) is 4.99 Å². The monoisotopic (exact) mass is 377 g/mol. The highest BCUT2D eigenvalue weighted by Crippen LogP contribution is 2.11. The van der Waals surface area contributed by atoms with E-state index in [1.54, 1.807) is 20.4 Å². The summed E-state index contributed by atoms with van der Waals surface area (Å²) in [6.07, 6.45) is 6.52. The predicted molar refractivity (Wildman–Crippen MR) is 113 cm³/mol. The van der Waals surface area contributed by atoms with Crippen molar-refractivity contribution in [3.63, 3.8) is 0 Å². The normalized spacial score (nSPS) is 11.3. The summed E-state index contributed by atoms with van der Waals surface area (Å²) in [6.45, 7) is 2.38. The maximum atomic E-state index is 5.19. The van der Waals surface area contributed by atoms with E-state index in [9.17, 15) is 0 Å². The second-order valence-electron chi connectivity index (χ2n) is 6.50. The quantitative estimate of drug-likeness (QED) is 0.468. The van der Waals surface area contributed by atoms with Crippen LogP contribution in [0.1, 0.15) is 16.7 Å². The van der Waals surface area contributed by atoms with E-state index in [0.717, 1.165) is 37.8 Å². The van der Waals surface area contributed by atoms with Crippen LogP contribution in [0.4, 0.5) is 0 Å². The summed E-state index contributed by atoms with van der Waals surface area (Å²) in [4.78, 5) is 8.37. The summed E-state index contributed by atoms with van der Waals surface area (Å²) >= 11 is 0. The van der Waals surface area contributed by atoms with Crippen molar-refractivity contribution in [2.75, 3.05) is 20.7 Å². The lowest BCUT2D eigenvalue weighted by Gasteiger charge is -2.12. The molecule has 6 heteroatoms. The van der Waals surface area contributed by atoms with Gasteiger partial charge in [0.05, 0.1) is 13.4 Å². The number of nitrogens with one attached hydrogen (secondary N) is 2. The van der Waals surface area contributed by atoms with Crippen molar-refractivity contribution in [3.8, 4) is 5.75 Å². The van der Waals surface area contributed by atoms with Crippen LogP contribution in [0.2, 0.25) is 0 Å². The van der Waals surface area contributed by atoms with E-state index in [1.165, 1.54) is 16.7 Å². The summed E-state index contributed by atoms with van der Waals surface area (Å²) in [5.41, 5.74) is 3.73. The molecular weight excluding hydrogens is 350 g/mol. The molecule has 0 atom stereocenters. The third kappa shape index (κ3) is 5.87. The van der Waals surface area contributed by atoms with Gasteiger partial charge in [0.1, 0.15) is 5.75 Å². The first-order valence-corrected chi connectivity index (χ1v) is 9.38. The van der Waals surface area contributed by atoms with Gasteiger partial charge >= 0.3 is 0 Å². The van der Waals surface area contributed by atoms with Gasteiger partial charge in [-0.25, -0.2) is 4.98 Å². The number of benzene rings is 2. The predicted octanol–water partition coefficient (Wildman–Crippen LogP) is 2.85. The topological polar surface area (TPSA) is 63.5 Å². The molecule has 0 spiro atoms. The Balaban J connectivity index is 1.41. The third-order valence-corrected chi connectivity index (χ3v) is 4.50. The number of methoxy groups -OCH3 is 1. The van der Waals surface area contributed by atoms with Crippen LogP contribution in [0.3, 0.4) is 0 Å². The molecule has 0 bridgehead atoms. The fraction of sp³-hybridized carbons (Fsp3) is 0.273. The minimum absolute atomic E-state index is 0.730. The summed E-state index contributed by atoms with van der Waals surface area (Å²) in [6, 6.07) is 16.7. The molecule has 28 heavy (non-hydrogen) atoms. The van der Waals surface area contributed by atoms with Crippen LogP contribution < -0.4 is 15.4 Å². The molecule has 0 aliphatic heterocycles. The van der Waals surface area contributed by atoms with E-state index in [2.05, 4.69) is 61.6 Å². The Morgan fingerprint density at radius 1 is 1.00 bits per heavy atom. The number of nitrogens with zero attached hydrogens (tertiary/aromatic N) is 3. The molecule has 2 N–H and O–H groups in total. The second-order valence-corrected chi connectivity index (χ2v) is 6.50. The summed E-state index contributed by atoms with van der Waals surface area (Å²) in [7, 11) is 3.47. The molecule has 1 aromatic heterocycles. The van der Waals surface area contributed by atoms with Crippen molar-refractivity contribution in [1.29, 1.82) is 0 Å². The Hall–Kier alpha value is -3.28. The molecule has 1 heterocycles. The molecule has 6 nitrogen and oxygen atoms in total. The Morgan fingerprint density at radius 2 is 1.71 bits per heavy atom. The van der Waals surface area contributed by atoms with Gasteiger partial charge in [-0.15, -0.1) is 0 Å². The van der Waals surface area contributed by atoms with E-state index in [0.29, 0.717) is 0 Å². The van der Waals surface area contributed by atoms with Crippen LogP contribution in [0.15, 0.2) is 72.2 Å². The molecule has 146 valence electrons. The molecule has 2 aromatic carbocycles. The van der Waals surface area contributed by atoms with E-state index in [1.807, 2.05) is 24.7 Å². The lowest BCUT2D eigenvalue weighted by atomic mass is 10.1. The van der Waals surface area contributed by atoms with E-state index in [-0.39, 0.29) is 0 Å². The van der Waals surface area contributed by atoms with Gasteiger partial charge in [-0.1, -0.05) is 36.4 Å². The minimum atomic E-state index is 0.730. The fourth-order valence-electron chi connectivity index (χ4n) is 2.88. The standard InChI is InChI=1S/C22H27N5O/c1-23-22(25-12-11-18-7-9-21(28-2)10-8-18)26-15-19-3-5-20(6-4-19)16-27-14-13-24-17-27/h3-10,13-14,17H,11-12,15-16H2,1-2H3,(H2,23,25,26). The fourth-order valence-corrected chi connectivity index (χ4v) is 2.88. The molecule has 3 rings (SSSR count). The molecule has 0 amide bonds. The molecule has 0 saturated carbocycles. The zero-order valence-electron chi connectivity index (χ0n) is 16.4. The molecule has 0 aliphatic carbocycles. The number of hydrogen-bond donors (Lipinski definition) is 2. The van der Waals surface area contributed by atoms with Crippen molar-refractivity contribution < 1.29 is 4.74 Å². The van der Waals surface area contributed by atoms with Crippen LogP contribution in [-0.2, 0) is 19.5 Å². The largest absolute Gasteiger partial charge is 0.497 e. The van der Waals surface area contributed by atoms with Gasteiger partial charge in [0, 0.05) is 39.1 Å². The van der Waals surface area contributed by atoms with Crippen molar-refractivity contribution >= 4 is 5.96 Å². The maximum absolute atomic E-state index is 5.19. The molecule has 0 unspecified atom stereocenters. The Labute approximate surface area is 166 Å². The maximum Gasteiger partial charge on any atom is 0.191 e. The van der Waals surface area contributed by atoms with Gasteiger partial charge in [0.15, 0.2) is 5.96 Å². The number of hydrogen-bond acceptors (Lipinski definition) is 3. The zero-order chi connectivity index (χ0) is 19.6.